The number of hydrogen-bond acceptors (Lipinski definition) is 4. The first-order valence-corrected chi connectivity index (χ1v) is 5.25. The molecule has 0 fully saturated rings. The molecular weight excluding hydrogens is 218 g/mol. The lowest BCUT2D eigenvalue weighted by atomic mass is 10.2. The highest BCUT2D eigenvalue weighted by Crippen LogP contribution is 2.09. The lowest BCUT2D eigenvalue weighted by Crippen LogP contribution is -2.27. The third kappa shape index (κ3) is 2.66. The van der Waals surface area contributed by atoms with E-state index in [1.165, 1.54) is 6.20 Å². The van der Waals surface area contributed by atoms with E-state index in [2.05, 4.69) is 25.5 Å². The molecule has 0 saturated carbocycles. The number of rotatable bonds is 3. The molecule has 0 bridgehead atoms. The van der Waals surface area contributed by atoms with Crippen LogP contribution in [0.5, 0.6) is 0 Å². The largest absolute Gasteiger partial charge is 0.344 e. The smallest absolute Gasteiger partial charge is 0.271 e. The first kappa shape index (κ1) is 11.3. The van der Waals surface area contributed by atoms with Gasteiger partial charge in [-0.2, -0.15) is 5.10 Å². The van der Waals surface area contributed by atoms with Gasteiger partial charge in [0.15, 0.2) is 0 Å². The van der Waals surface area contributed by atoms with E-state index in [4.69, 9.17) is 0 Å². The number of aromatic amines is 1. The van der Waals surface area contributed by atoms with Gasteiger partial charge in [0.2, 0.25) is 0 Å². The Morgan fingerprint density at radius 1 is 1.35 bits per heavy atom. The van der Waals surface area contributed by atoms with E-state index in [-0.39, 0.29) is 11.9 Å². The molecule has 0 radical (unpaired) electrons. The predicted octanol–water partition coefficient (Wildman–Crippen LogP) is 0.999. The van der Waals surface area contributed by atoms with Crippen LogP contribution in [0.1, 0.15) is 34.7 Å². The molecule has 6 heteroatoms. The van der Waals surface area contributed by atoms with Crippen LogP contribution >= 0.6 is 0 Å². The normalized spacial score (nSPS) is 12.1. The topological polar surface area (TPSA) is 83.6 Å². The zero-order valence-electron chi connectivity index (χ0n) is 9.64. The summed E-state index contributed by atoms with van der Waals surface area (Å²) in [6.45, 7) is 3.70. The van der Waals surface area contributed by atoms with Crippen molar-refractivity contribution in [3.05, 3.63) is 41.7 Å². The van der Waals surface area contributed by atoms with Gasteiger partial charge < -0.3 is 5.32 Å². The van der Waals surface area contributed by atoms with E-state index in [0.717, 1.165) is 11.3 Å². The summed E-state index contributed by atoms with van der Waals surface area (Å²) in [4.78, 5) is 19.9. The molecular formula is C11H13N5O. The van der Waals surface area contributed by atoms with Gasteiger partial charge in [-0.25, -0.2) is 4.98 Å². The maximum atomic E-state index is 11.8. The third-order valence-electron chi connectivity index (χ3n) is 2.38. The molecule has 2 aromatic rings. The monoisotopic (exact) mass is 231 g/mol. The number of H-pyrrole nitrogens is 1. The van der Waals surface area contributed by atoms with Crippen molar-refractivity contribution in [2.24, 2.45) is 0 Å². The summed E-state index contributed by atoms with van der Waals surface area (Å²) in [6, 6.07) is -0.121. The van der Waals surface area contributed by atoms with Crippen LogP contribution in [0.2, 0.25) is 0 Å². The second-order valence-electron chi connectivity index (χ2n) is 3.77. The lowest BCUT2D eigenvalue weighted by molar-refractivity contribution is 0.0934. The summed E-state index contributed by atoms with van der Waals surface area (Å²) in [5.41, 5.74) is 2.01. The molecule has 0 aromatic carbocycles. The molecule has 1 amide bonds. The van der Waals surface area contributed by atoms with Gasteiger partial charge in [-0.15, -0.1) is 0 Å². The fourth-order valence-corrected chi connectivity index (χ4v) is 1.36. The van der Waals surface area contributed by atoms with Crippen LogP contribution in [0.25, 0.3) is 0 Å². The quantitative estimate of drug-likeness (QED) is 0.825. The zero-order valence-corrected chi connectivity index (χ0v) is 9.64. The van der Waals surface area contributed by atoms with E-state index in [0.29, 0.717) is 5.69 Å². The average molecular weight is 231 g/mol. The Balaban J connectivity index is 2.04. The SMILES string of the molecule is Cc1cnc(C(=O)NC(C)c2cn[nH]c2)cn1. The number of nitrogens with zero attached hydrogens (tertiary/aromatic N) is 3. The Hall–Kier alpha value is -2.24. The molecule has 1 atom stereocenters. The van der Waals surface area contributed by atoms with E-state index in [1.807, 2.05) is 13.8 Å². The molecule has 0 aliphatic carbocycles. The summed E-state index contributed by atoms with van der Waals surface area (Å²) >= 11 is 0. The zero-order chi connectivity index (χ0) is 12.3. The molecule has 1 unspecified atom stereocenters. The maximum absolute atomic E-state index is 11.8. The van der Waals surface area contributed by atoms with Crippen LogP contribution in [0, 0.1) is 6.92 Å². The molecule has 0 aliphatic rings. The second kappa shape index (κ2) is 4.73. The number of hydrogen-bond donors (Lipinski definition) is 2. The van der Waals surface area contributed by atoms with E-state index in [1.54, 1.807) is 18.6 Å². The van der Waals surface area contributed by atoms with Crippen molar-refractivity contribution in [2.75, 3.05) is 0 Å². The van der Waals surface area contributed by atoms with Gasteiger partial charge in [0.05, 0.1) is 24.1 Å². The highest BCUT2D eigenvalue weighted by atomic mass is 16.1. The first-order chi connectivity index (χ1) is 8.16. The van der Waals surface area contributed by atoms with E-state index < -0.39 is 0 Å². The standard InChI is InChI=1S/C11H13N5O/c1-7-3-13-10(6-12-7)11(17)16-8(2)9-4-14-15-5-9/h3-6,8H,1-2H3,(H,14,15)(H,16,17). The van der Waals surface area contributed by atoms with Crippen molar-refractivity contribution >= 4 is 5.91 Å². The van der Waals surface area contributed by atoms with E-state index in [9.17, 15) is 4.79 Å². The summed E-state index contributed by atoms with van der Waals surface area (Å²) < 4.78 is 0. The van der Waals surface area contributed by atoms with Crippen molar-refractivity contribution in [3.8, 4) is 0 Å². The third-order valence-corrected chi connectivity index (χ3v) is 2.38. The highest BCUT2D eigenvalue weighted by Gasteiger charge is 2.13. The minimum absolute atomic E-state index is 0.121. The Morgan fingerprint density at radius 3 is 2.76 bits per heavy atom. The second-order valence-corrected chi connectivity index (χ2v) is 3.77. The highest BCUT2D eigenvalue weighted by molar-refractivity contribution is 5.92. The van der Waals surface area contributed by atoms with Gasteiger partial charge in [0.1, 0.15) is 5.69 Å². The molecule has 2 rings (SSSR count). The maximum Gasteiger partial charge on any atom is 0.271 e. The fraction of sp³-hybridized carbons (Fsp3) is 0.273. The van der Waals surface area contributed by atoms with Gasteiger partial charge in [-0.05, 0) is 13.8 Å². The fourth-order valence-electron chi connectivity index (χ4n) is 1.36. The number of carbonyl (C=O) groups is 1. The molecule has 2 heterocycles. The van der Waals surface area contributed by atoms with E-state index >= 15 is 0 Å². The van der Waals surface area contributed by atoms with Gasteiger partial charge >= 0.3 is 0 Å². The van der Waals surface area contributed by atoms with Gasteiger partial charge in [-0.1, -0.05) is 0 Å². The molecule has 2 N–H and O–H groups in total. The number of aromatic nitrogens is 4. The van der Waals surface area contributed by atoms with Crippen molar-refractivity contribution < 1.29 is 4.79 Å². The van der Waals surface area contributed by atoms with Crippen molar-refractivity contribution in [1.29, 1.82) is 0 Å². The molecule has 0 saturated heterocycles. The average Bonchev–Trinajstić information content (AvgIpc) is 2.83. The first-order valence-electron chi connectivity index (χ1n) is 5.25. The lowest BCUT2D eigenvalue weighted by Gasteiger charge is -2.11. The van der Waals surface area contributed by atoms with Crippen LogP contribution in [0.4, 0.5) is 0 Å². The Kier molecular flexibility index (Phi) is 3.13. The van der Waals surface area contributed by atoms with Crippen LogP contribution in [0.15, 0.2) is 24.8 Å². The molecule has 2 aromatic heterocycles. The van der Waals surface area contributed by atoms with Crippen LogP contribution in [0.3, 0.4) is 0 Å². The van der Waals surface area contributed by atoms with Crippen LogP contribution in [-0.2, 0) is 0 Å². The van der Waals surface area contributed by atoms with Gasteiger partial charge in [0, 0.05) is 18.0 Å². The summed E-state index contributed by atoms with van der Waals surface area (Å²) in [7, 11) is 0. The van der Waals surface area contributed by atoms with Crippen molar-refractivity contribution in [3.63, 3.8) is 0 Å². The van der Waals surface area contributed by atoms with Crippen molar-refractivity contribution in [1.82, 2.24) is 25.5 Å². The summed E-state index contributed by atoms with van der Waals surface area (Å²) in [5.74, 6) is -0.244. The molecule has 0 spiro atoms. The molecule has 0 aliphatic heterocycles. The number of nitrogens with one attached hydrogen (secondary N) is 2. The van der Waals surface area contributed by atoms with Gasteiger partial charge in [-0.3, -0.25) is 14.9 Å². The Morgan fingerprint density at radius 2 is 2.18 bits per heavy atom. The van der Waals surface area contributed by atoms with Crippen LogP contribution in [-0.4, -0.2) is 26.1 Å². The predicted molar refractivity (Wildman–Crippen MR) is 61.2 cm³/mol. The van der Waals surface area contributed by atoms with Crippen molar-refractivity contribution in [2.45, 2.75) is 19.9 Å². The summed E-state index contributed by atoms with van der Waals surface area (Å²) in [6.07, 6.45) is 6.45. The molecule has 6 nitrogen and oxygen atoms in total. The molecule has 88 valence electrons. The summed E-state index contributed by atoms with van der Waals surface area (Å²) in [5, 5.41) is 9.35. The van der Waals surface area contributed by atoms with Crippen LogP contribution < -0.4 is 5.32 Å². The number of aryl methyl sites for hydroxylation is 1. The van der Waals surface area contributed by atoms with Gasteiger partial charge in [0.25, 0.3) is 5.91 Å². The number of carbonyl (C=O) groups excluding carboxylic acids is 1. The minimum atomic E-state index is -0.244. The Bertz CT molecular complexity index is 491. The number of amides is 1. The Labute approximate surface area is 98.5 Å². The minimum Gasteiger partial charge on any atom is -0.344 e. The molecule has 17 heavy (non-hydrogen) atoms.